The molecule has 2 N–H and O–H groups in total. The van der Waals surface area contributed by atoms with Crippen molar-refractivity contribution >= 4 is 11.9 Å². The molecule has 0 aliphatic rings. The Morgan fingerprint density at radius 1 is 1.14 bits per heavy atom. The van der Waals surface area contributed by atoms with Crippen LogP contribution in [0, 0.1) is 5.41 Å². The predicted octanol–water partition coefficient (Wildman–Crippen LogP) is 3.32. The van der Waals surface area contributed by atoms with Crippen LogP contribution in [0.3, 0.4) is 0 Å². The summed E-state index contributed by atoms with van der Waals surface area (Å²) >= 11 is 0. The van der Waals surface area contributed by atoms with E-state index in [0.29, 0.717) is 24.8 Å². The van der Waals surface area contributed by atoms with Gasteiger partial charge in [0.05, 0.1) is 0 Å². The van der Waals surface area contributed by atoms with E-state index in [1.807, 2.05) is 6.07 Å². The third-order valence-electron chi connectivity index (χ3n) is 3.62. The lowest BCUT2D eigenvalue weighted by Gasteiger charge is -2.30. The molecule has 1 aromatic rings. The number of hydrogen-bond acceptors (Lipinski definition) is 2. The molecule has 0 radical (unpaired) electrons. The van der Waals surface area contributed by atoms with Gasteiger partial charge in [0.2, 0.25) is 5.91 Å². The summed E-state index contributed by atoms with van der Waals surface area (Å²) in [6.07, 6.45) is 1.34. The van der Waals surface area contributed by atoms with Gasteiger partial charge in [-0.3, -0.25) is 4.79 Å². The van der Waals surface area contributed by atoms with Gasteiger partial charge in [-0.05, 0) is 23.8 Å². The molecular weight excluding hydrogens is 266 g/mol. The number of carboxylic acids is 1. The summed E-state index contributed by atoms with van der Waals surface area (Å²) in [5.41, 5.74) is -0.706. The van der Waals surface area contributed by atoms with Crippen LogP contribution < -0.4 is 5.32 Å². The van der Waals surface area contributed by atoms with Crippen LogP contribution >= 0.6 is 0 Å². The maximum atomic E-state index is 12.2. The Kier molecular flexibility index (Phi) is 5.53. The largest absolute Gasteiger partial charge is 0.479 e. The van der Waals surface area contributed by atoms with Crippen LogP contribution in [0.1, 0.15) is 52.5 Å². The average molecular weight is 291 g/mol. The summed E-state index contributed by atoms with van der Waals surface area (Å²) in [6.45, 7) is 7.94. The lowest BCUT2D eigenvalue weighted by atomic mass is 9.86. The number of carbonyl (C=O) groups excluding carboxylic acids is 1. The van der Waals surface area contributed by atoms with E-state index in [4.69, 9.17) is 0 Å². The van der Waals surface area contributed by atoms with Crippen molar-refractivity contribution in [1.29, 1.82) is 0 Å². The number of benzene rings is 1. The molecule has 1 unspecified atom stereocenters. The van der Waals surface area contributed by atoms with Gasteiger partial charge in [-0.15, -0.1) is 0 Å². The average Bonchev–Trinajstić information content (AvgIpc) is 2.42. The molecular formula is C17H25NO3. The molecule has 4 nitrogen and oxygen atoms in total. The number of carboxylic acid groups (broad SMARTS) is 1. The fourth-order valence-electron chi connectivity index (χ4n) is 2.20. The summed E-state index contributed by atoms with van der Waals surface area (Å²) in [6, 6.07) is 8.87. The van der Waals surface area contributed by atoms with E-state index < -0.39 is 11.5 Å². The van der Waals surface area contributed by atoms with Crippen LogP contribution in [0.15, 0.2) is 30.3 Å². The smallest absolute Gasteiger partial charge is 0.334 e. The van der Waals surface area contributed by atoms with Crippen molar-refractivity contribution in [2.24, 2.45) is 5.41 Å². The zero-order chi connectivity index (χ0) is 16.1. The molecule has 0 aromatic heterocycles. The standard InChI is InChI=1S/C17H25NO3/c1-5-17(15(20)21,13-9-7-6-8-10-13)18-14(19)11-12-16(2,3)4/h6-10H,5,11-12H2,1-4H3,(H,18,19)(H,20,21). The first kappa shape index (κ1) is 17.2. The van der Waals surface area contributed by atoms with Crippen LogP contribution in [0.5, 0.6) is 0 Å². The minimum absolute atomic E-state index is 0.0438. The van der Waals surface area contributed by atoms with Crippen LogP contribution in [0.25, 0.3) is 0 Å². The lowest BCUT2D eigenvalue weighted by molar-refractivity contribution is -0.148. The second kappa shape index (κ2) is 6.74. The second-order valence-corrected chi connectivity index (χ2v) is 6.54. The number of carbonyl (C=O) groups is 2. The molecule has 0 saturated carbocycles. The molecule has 0 spiro atoms. The SMILES string of the molecule is CCC(NC(=O)CCC(C)(C)C)(C(=O)O)c1ccccc1. The summed E-state index contributed by atoms with van der Waals surface area (Å²) < 4.78 is 0. The Morgan fingerprint density at radius 2 is 1.71 bits per heavy atom. The number of aliphatic carboxylic acids is 1. The second-order valence-electron chi connectivity index (χ2n) is 6.54. The molecule has 21 heavy (non-hydrogen) atoms. The highest BCUT2D eigenvalue weighted by Gasteiger charge is 2.40. The Labute approximate surface area is 126 Å². The highest BCUT2D eigenvalue weighted by atomic mass is 16.4. The maximum Gasteiger partial charge on any atom is 0.334 e. The van der Waals surface area contributed by atoms with Gasteiger partial charge in [0.1, 0.15) is 0 Å². The van der Waals surface area contributed by atoms with Gasteiger partial charge in [0.15, 0.2) is 5.54 Å². The molecule has 1 rings (SSSR count). The van der Waals surface area contributed by atoms with Crippen molar-refractivity contribution in [2.45, 2.75) is 52.5 Å². The van der Waals surface area contributed by atoms with E-state index in [1.54, 1.807) is 31.2 Å². The number of nitrogens with one attached hydrogen (secondary N) is 1. The molecule has 116 valence electrons. The summed E-state index contributed by atoms with van der Waals surface area (Å²) in [7, 11) is 0. The monoisotopic (exact) mass is 291 g/mol. The number of amides is 1. The molecule has 0 saturated heterocycles. The number of hydrogen-bond donors (Lipinski definition) is 2. The molecule has 0 fully saturated rings. The quantitative estimate of drug-likeness (QED) is 0.845. The van der Waals surface area contributed by atoms with Crippen molar-refractivity contribution in [1.82, 2.24) is 5.32 Å². The van der Waals surface area contributed by atoms with Crippen LogP contribution in [0.2, 0.25) is 0 Å². The van der Waals surface area contributed by atoms with Gasteiger partial charge >= 0.3 is 5.97 Å². The number of rotatable bonds is 6. The van der Waals surface area contributed by atoms with E-state index >= 15 is 0 Å². The van der Waals surface area contributed by atoms with Crippen molar-refractivity contribution in [3.63, 3.8) is 0 Å². The van der Waals surface area contributed by atoms with Crippen LogP contribution in [0.4, 0.5) is 0 Å². The Morgan fingerprint density at radius 3 is 2.14 bits per heavy atom. The fraction of sp³-hybridized carbons (Fsp3) is 0.529. The van der Waals surface area contributed by atoms with Gasteiger partial charge in [-0.25, -0.2) is 4.79 Å². The van der Waals surface area contributed by atoms with Crippen molar-refractivity contribution < 1.29 is 14.7 Å². The first-order chi connectivity index (χ1) is 9.71. The third kappa shape index (κ3) is 4.59. The lowest BCUT2D eigenvalue weighted by Crippen LogP contribution is -2.51. The van der Waals surface area contributed by atoms with E-state index in [1.165, 1.54) is 0 Å². The minimum atomic E-state index is -1.35. The van der Waals surface area contributed by atoms with Crippen molar-refractivity contribution in [3.05, 3.63) is 35.9 Å². The van der Waals surface area contributed by atoms with E-state index in [2.05, 4.69) is 26.1 Å². The van der Waals surface area contributed by atoms with Gasteiger partial charge in [0, 0.05) is 6.42 Å². The normalized spacial score (nSPS) is 14.3. The summed E-state index contributed by atoms with van der Waals surface area (Å²) in [5, 5.41) is 12.4. The molecule has 1 atom stereocenters. The van der Waals surface area contributed by atoms with E-state index in [0.717, 1.165) is 0 Å². The van der Waals surface area contributed by atoms with E-state index in [-0.39, 0.29) is 11.3 Å². The Balaban J connectivity index is 2.95. The van der Waals surface area contributed by atoms with Gasteiger partial charge in [0.25, 0.3) is 0 Å². The predicted molar refractivity (Wildman–Crippen MR) is 82.9 cm³/mol. The molecule has 0 aliphatic carbocycles. The highest BCUT2D eigenvalue weighted by molar-refractivity contribution is 5.88. The topological polar surface area (TPSA) is 66.4 Å². The Bertz CT molecular complexity index is 491. The minimum Gasteiger partial charge on any atom is -0.479 e. The molecule has 0 aliphatic heterocycles. The van der Waals surface area contributed by atoms with Crippen molar-refractivity contribution in [2.75, 3.05) is 0 Å². The molecule has 0 bridgehead atoms. The first-order valence-corrected chi connectivity index (χ1v) is 7.31. The summed E-state index contributed by atoms with van der Waals surface area (Å²) in [5.74, 6) is -1.25. The highest BCUT2D eigenvalue weighted by Crippen LogP contribution is 2.27. The van der Waals surface area contributed by atoms with Crippen molar-refractivity contribution in [3.8, 4) is 0 Å². The zero-order valence-corrected chi connectivity index (χ0v) is 13.3. The first-order valence-electron chi connectivity index (χ1n) is 7.31. The van der Waals surface area contributed by atoms with Gasteiger partial charge in [-0.2, -0.15) is 0 Å². The third-order valence-corrected chi connectivity index (χ3v) is 3.62. The molecule has 1 amide bonds. The Hall–Kier alpha value is -1.84. The van der Waals surface area contributed by atoms with Gasteiger partial charge < -0.3 is 10.4 Å². The fourth-order valence-corrected chi connectivity index (χ4v) is 2.20. The van der Waals surface area contributed by atoms with E-state index in [9.17, 15) is 14.7 Å². The molecule has 1 aromatic carbocycles. The zero-order valence-electron chi connectivity index (χ0n) is 13.3. The molecule has 4 heteroatoms. The maximum absolute atomic E-state index is 12.2. The summed E-state index contributed by atoms with van der Waals surface area (Å²) in [4.78, 5) is 23.9. The van der Waals surface area contributed by atoms with Crippen LogP contribution in [-0.4, -0.2) is 17.0 Å². The van der Waals surface area contributed by atoms with Gasteiger partial charge in [-0.1, -0.05) is 58.0 Å². The van der Waals surface area contributed by atoms with Crippen LogP contribution in [-0.2, 0) is 15.1 Å². The molecule has 0 heterocycles.